The van der Waals surface area contributed by atoms with Gasteiger partial charge in [0, 0.05) is 40.9 Å². The summed E-state index contributed by atoms with van der Waals surface area (Å²) in [5, 5.41) is 6.75. The van der Waals surface area contributed by atoms with Gasteiger partial charge in [-0.2, -0.15) is 0 Å². The van der Waals surface area contributed by atoms with Crippen LogP contribution in [0.25, 0.3) is 0 Å². The standard InChI is InChI=1S/C17H24N4O2S/c1-10-6-18-14(13(4)15(10)23-5)9-21-17(22)20-7-11(2)16-19-8-12(3)24-16/h6,8,11H,7,9H2,1-5H3,(H2,20,21,22)/t11-/m1/s1. The number of rotatable bonds is 6. The lowest BCUT2D eigenvalue weighted by molar-refractivity contribution is 0.240. The van der Waals surface area contributed by atoms with Crippen LogP contribution in [0.15, 0.2) is 12.4 Å². The molecule has 0 bridgehead atoms. The number of hydrogen-bond acceptors (Lipinski definition) is 5. The first-order valence-corrected chi connectivity index (χ1v) is 8.67. The lowest BCUT2D eigenvalue weighted by Crippen LogP contribution is -2.37. The molecule has 1 atom stereocenters. The molecule has 0 unspecified atom stereocenters. The molecule has 0 fully saturated rings. The predicted octanol–water partition coefficient (Wildman–Crippen LogP) is 3.07. The summed E-state index contributed by atoms with van der Waals surface area (Å²) in [5.74, 6) is 1.00. The molecule has 2 N–H and O–H groups in total. The molecule has 2 aromatic heterocycles. The zero-order chi connectivity index (χ0) is 17.7. The monoisotopic (exact) mass is 348 g/mol. The van der Waals surface area contributed by atoms with Crippen molar-refractivity contribution in [2.75, 3.05) is 13.7 Å². The summed E-state index contributed by atoms with van der Waals surface area (Å²) in [4.78, 5) is 21.9. The quantitative estimate of drug-likeness (QED) is 0.841. The molecule has 24 heavy (non-hydrogen) atoms. The summed E-state index contributed by atoms with van der Waals surface area (Å²) in [6, 6.07) is -0.212. The van der Waals surface area contributed by atoms with Gasteiger partial charge in [0.25, 0.3) is 0 Å². The highest BCUT2D eigenvalue weighted by Crippen LogP contribution is 2.23. The SMILES string of the molecule is COc1c(C)cnc(CNC(=O)NC[C@@H](C)c2ncc(C)s2)c1C. The number of thiazole rings is 1. The molecule has 2 aromatic rings. The molecule has 0 aromatic carbocycles. The number of carbonyl (C=O) groups excluding carboxylic acids is 1. The summed E-state index contributed by atoms with van der Waals surface area (Å²) >= 11 is 1.66. The minimum Gasteiger partial charge on any atom is -0.496 e. The van der Waals surface area contributed by atoms with Crippen molar-refractivity contribution in [1.82, 2.24) is 20.6 Å². The molecule has 6 nitrogen and oxygen atoms in total. The van der Waals surface area contributed by atoms with Gasteiger partial charge in [-0.05, 0) is 20.8 Å². The lowest BCUT2D eigenvalue weighted by Gasteiger charge is -2.14. The Morgan fingerprint density at radius 1 is 1.25 bits per heavy atom. The van der Waals surface area contributed by atoms with E-state index in [9.17, 15) is 4.79 Å². The second-order valence-electron chi connectivity index (χ2n) is 5.82. The molecule has 0 aliphatic rings. The van der Waals surface area contributed by atoms with Crippen LogP contribution in [0.5, 0.6) is 5.75 Å². The van der Waals surface area contributed by atoms with Crippen molar-refractivity contribution in [3.8, 4) is 5.75 Å². The van der Waals surface area contributed by atoms with Crippen molar-refractivity contribution in [1.29, 1.82) is 0 Å². The van der Waals surface area contributed by atoms with Gasteiger partial charge < -0.3 is 15.4 Å². The molecule has 0 spiro atoms. The number of aryl methyl sites for hydroxylation is 2. The number of urea groups is 1. The largest absolute Gasteiger partial charge is 0.496 e. The van der Waals surface area contributed by atoms with E-state index in [0.717, 1.165) is 27.6 Å². The Balaban J connectivity index is 1.85. The maximum absolute atomic E-state index is 12.0. The molecule has 0 saturated carbocycles. The number of hydrogen-bond donors (Lipinski definition) is 2. The molecule has 0 radical (unpaired) electrons. The first-order chi connectivity index (χ1) is 11.4. The van der Waals surface area contributed by atoms with Gasteiger partial charge in [0.05, 0.1) is 24.4 Å². The summed E-state index contributed by atoms with van der Waals surface area (Å²) < 4.78 is 5.38. The first kappa shape index (κ1) is 18.2. The Bertz CT molecular complexity index is 715. The van der Waals surface area contributed by atoms with E-state index in [-0.39, 0.29) is 11.9 Å². The molecule has 2 rings (SSSR count). The van der Waals surface area contributed by atoms with Gasteiger partial charge in [0.2, 0.25) is 0 Å². The van der Waals surface area contributed by atoms with Crippen LogP contribution >= 0.6 is 11.3 Å². The molecular weight excluding hydrogens is 324 g/mol. The Morgan fingerprint density at radius 2 is 2.00 bits per heavy atom. The number of nitrogens with zero attached hydrogens (tertiary/aromatic N) is 2. The normalized spacial score (nSPS) is 11.9. The van der Waals surface area contributed by atoms with Crippen LogP contribution in [-0.4, -0.2) is 29.7 Å². The van der Waals surface area contributed by atoms with E-state index in [1.54, 1.807) is 24.6 Å². The number of ether oxygens (including phenoxy) is 1. The molecule has 130 valence electrons. The van der Waals surface area contributed by atoms with E-state index in [1.807, 2.05) is 27.0 Å². The van der Waals surface area contributed by atoms with Gasteiger partial charge in [-0.3, -0.25) is 4.98 Å². The maximum atomic E-state index is 12.0. The fourth-order valence-corrected chi connectivity index (χ4v) is 3.23. The van der Waals surface area contributed by atoms with Crippen LogP contribution in [0.4, 0.5) is 4.79 Å². The highest BCUT2D eigenvalue weighted by Gasteiger charge is 2.13. The van der Waals surface area contributed by atoms with Crippen molar-refractivity contribution in [2.24, 2.45) is 0 Å². The zero-order valence-electron chi connectivity index (χ0n) is 14.8. The number of pyridine rings is 1. The smallest absolute Gasteiger partial charge is 0.315 e. The van der Waals surface area contributed by atoms with Crippen molar-refractivity contribution in [3.05, 3.63) is 39.1 Å². The van der Waals surface area contributed by atoms with E-state index in [4.69, 9.17) is 4.74 Å². The van der Waals surface area contributed by atoms with Crippen LogP contribution in [0, 0.1) is 20.8 Å². The van der Waals surface area contributed by atoms with Gasteiger partial charge in [-0.15, -0.1) is 11.3 Å². The lowest BCUT2D eigenvalue weighted by atomic mass is 10.1. The minimum atomic E-state index is -0.212. The molecule has 0 saturated heterocycles. The summed E-state index contributed by atoms with van der Waals surface area (Å²) in [6.07, 6.45) is 3.61. The third-order valence-electron chi connectivity index (χ3n) is 3.80. The van der Waals surface area contributed by atoms with Crippen molar-refractivity contribution >= 4 is 17.4 Å². The Morgan fingerprint density at radius 3 is 2.62 bits per heavy atom. The molecule has 2 heterocycles. The van der Waals surface area contributed by atoms with E-state index in [1.165, 1.54) is 4.88 Å². The van der Waals surface area contributed by atoms with Crippen LogP contribution in [-0.2, 0) is 6.54 Å². The van der Waals surface area contributed by atoms with Crippen LogP contribution in [0.1, 0.15) is 39.5 Å². The summed E-state index contributed by atoms with van der Waals surface area (Å²) in [7, 11) is 1.64. The van der Waals surface area contributed by atoms with Gasteiger partial charge in [0.15, 0.2) is 0 Å². The fraction of sp³-hybridized carbons (Fsp3) is 0.471. The Hall–Kier alpha value is -2.15. The van der Waals surface area contributed by atoms with E-state index >= 15 is 0 Å². The maximum Gasteiger partial charge on any atom is 0.315 e. The van der Waals surface area contributed by atoms with E-state index < -0.39 is 0 Å². The zero-order valence-corrected chi connectivity index (χ0v) is 15.6. The number of methoxy groups -OCH3 is 1. The van der Waals surface area contributed by atoms with Gasteiger partial charge in [0.1, 0.15) is 5.75 Å². The highest BCUT2D eigenvalue weighted by molar-refractivity contribution is 7.11. The second kappa shape index (κ2) is 8.10. The van der Waals surface area contributed by atoms with Crippen LogP contribution in [0.2, 0.25) is 0 Å². The number of aromatic nitrogens is 2. The first-order valence-electron chi connectivity index (χ1n) is 7.85. The number of carbonyl (C=O) groups is 1. The molecular formula is C17H24N4O2S. The molecule has 7 heteroatoms. The van der Waals surface area contributed by atoms with Crippen molar-refractivity contribution < 1.29 is 9.53 Å². The predicted molar refractivity (Wildman–Crippen MR) is 95.8 cm³/mol. The second-order valence-corrected chi connectivity index (χ2v) is 7.09. The topological polar surface area (TPSA) is 76.1 Å². The van der Waals surface area contributed by atoms with Crippen LogP contribution < -0.4 is 15.4 Å². The average Bonchev–Trinajstić information content (AvgIpc) is 2.99. The van der Waals surface area contributed by atoms with Crippen molar-refractivity contribution in [2.45, 2.75) is 40.2 Å². The van der Waals surface area contributed by atoms with Gasteiger partial charge >= 0.3 is 6.03 Å². The molecule has 2 amide bonds. The number of amides is 2. The molecule has 0 aliphatic carbocycles. The van der Waals surface area contributed by atoms with E-state index in [0.29, 0.717) is 13.1 Å². The number of nitrogens with one attached hydrogen (secondary N) is 2. The van der Waals surface area contributed by atoms with E-state index in [2.05, 4.69) is 27.5 Å². The van der Waals surface area contributed by atoms with Gasteiger partial charge in [-0.1, -0.05) is 6.92 Å². The Labute approximate surface area is 146 Å². The van der Waals surface area contributed by atoms with Crippen LogP contribution in [0.3, 0.4) is 0 Å². The van der Waals surface area contributed by atoms with Gasteiger partial charge in [-0.25, -0.2) is 9.78 Å². The summed E-state index contributed by atoms with van der Waals surface area (Å²) in [5.41, 5.74) is 2.73. The highest BCUT2D eigenvalue weighted by atomic mass is 32.1. The fourth-order valence-electron chi connectivity index (χ4n) is 2.41. The van der Waals surface area contributed by atoms with Crippen molar-refractivity contribution in [3.63, 3.8) is 0 Å². The summed E-state index contributed by atoms with van der Waals surface area (Å²) in [6.45, 7) is 8.88. The third-order valence-corrected chi connectivity index (χ3v) is 4.94. The Kier molecular flexibility index (Phi) is 6.14. The third kappa shape index (κ3) is 4.44. The average molecular weight is 348 g/mol. The minimum absolute atomic E-state index is 0.189. The molecule has 0 aliphatic heterocycles.